The molecule has 3 nitrogen and oxygen atoms in total. The molecule has 256 valence electrons. The summed E-state index contributed by atoms with van der Waals surface area (Å²) in [5, 5.41) is 10.4. The molecule has 0 fully saturated rings. The van der Waals surface area contributed by atoms with Gasteiger partial charge in [-0.2, -0.15) is 0 Å². The van der Waals surface area contributed by atoms with Gasteiger partial charge in [0.15, 0.2) is 17.5 Å². The first-order chi connectivity index (χ1) is 27.2. The fourth-order valence-corrected chi connectivity index (χ4v) is 9.18. The van der Waals surface area contributed by atoms with Crippen LogP contribution in [0.15, 0.2) is 188 Å². The molecular weight excluding hydrogens is 687 g/mol. The highest BCUT2D eigenvalue weighted by molar-refractivity contribution is 7.26. The van der Waals surface area contributed by atoms with Crippen molar-refractivity contribution in [1.29, 1.82) is 0 Å². The van der Waals surface area contributed by atoms with Crippen molar-refractivity contribution in [3.05, 3.63) is 188 Å². The van der Waals surface area contributed by atoms with Crippen molar-refractivity contribution in [1.82, 2.24) is 15.0 Å². The lowest BCUT2D eigenvalue weighted by atomic mass is 9.93. The van der Waals surface area contributed by atoms with Gasteiger partial charge < -0.3 is 0 Å². The molecular formula is C51H31N3S. The minimum atomic E-state index is 0.643. The van der Waals surface area contributed by atoms with Crippen molar-refractivity contribution in [3.8, 4) is 56.4 Å². The van der Waals surface area contributed by atoms with Crippen LogP contribution in [0.2, 0.25) is 0 Å². The second kappa shape index (κ2) is 12.8. The van der Waals surface area contributed by atoms with Crippen LogP contribution in [0, 0.1) is 0 Å². The molecule has 0 unspecified atom stereocenters. The molecule has 4 heteroatoms. The largest absolute Gasteiger partial charge is 0.208 e. The molecule has 0 aliphatic rings. The molecule has 0 radical (unpaired) electrons. The van der Waals surface area contributed by atoms with Gasteiger partial charge in [0.25, 0.3) is 0 Å². The highest BCUT2D eigenvalue weighted by atomic mass is 32.1. The van der Waals surface area contributed by atoms with E-state index in [2.05, 4.69) is 152 Å². The van der Waals surface area contributed by atoms with E-state index in [0.29, 0.717) is 17.5 Å². The Morgan fingerprint density at radius 1 is 0.236 bits per heavy atom. The van der Waals surface area contributed by atoms with Crippen LogP contribution in [-0.4, -0.2) is 15.0 Å². The van der Waals surface area contributed by atoms with Crippen molar-refractivity contribution >= 4 is 63.8 Å². The van der Waals surface area contributed by atoms with Crippen LogP contribution >= 0.6 is 11.3 Å². The Kier molecular flexibility index (Phi) is 7.35. The first kappa shape index (κ1) is 31.5. The van der Waals surface area contributed by atoms with Gasteiger partial charge in [0.05, 0.1) is 0 Å². The third-order valence-electron chi connectivity index (χ3n) is 10.7. The average Bonchev–Trinajstić information content (AvgIpc) is 3.63. The predicted molar refractivity (Wildman–Crippen MR) is 232 cm³/mol. The number of aromatic nitrogens is 3. The Bertz CT molecular complexity index is 3260. The molecule has 0 aliphatic heterocycles. The van der Waals surface area contributed by atoms with Crippen molar-refractivity contribution in [2.45, 2.75) is 0 Å². The number of rotatable bonds is 5. The standard InChI is InChI=1S/C51H31N3S/c1-3-13-32(14-4-1)34-17-11-19-37(27-34)50-52-49(33-15-5-2-6-16-33)53-51(54-50)38-20-12-18-35(28-38)36-25-26-43-46-30-44-41-23-9-7-21-39(41)40-22-8-10-24-42(40)45(44)31-48(46)55-47(43)29-36/h1-31H. The lowest BCUT2D eigenvalue weighted by Crippen LogP contribution is -2.00. The molecule has 55 heavy (non-hydrogen) atoms. The molecule has 2 aromatic heterocycles. The van der Waals surface area contributed by atoms with Crippen molar-refractivity contribution in [2.75, 3.05) is 0 Å². The second-order valence-corrected chi connectivity index (χ2v) is 15.1. The van der Waals surface area contributed by atoms with Gasteiger partial charge >= 0.3 is 0 Å². The molecule has 0 spiro atoms. The Labute approximate surface area is 321 Å². The Balaban J connectivity index is 1.03. The first-order valence-corrected chi connectivity index (χ1v) is 19.3. The van der Waals surface area contributed by atoms with Gasteiger partial charge in [0, 0.05) is 36.9 Å². The average molecular weight is 718 g/mol. The number of fused-ring (bicyclic) bond motifs is 9. The first-order valence-electron chi connectivity index (χ1n) is 18.5. The minimum absolute atomic E-state index is 0.643. The van der Waals surface area contributed by atoms with Gasteiger partial charge in [-0.15, -0.1) is 11.3 Å². The number of hydrogen-bond donors (Lipinski definition) is 0. The zero-order valence-electron chi connectivity index (χ0n) is 29.6. The van der Waals surface area contributed by atoms with E-state index < -0.39 is 0 Å². The fourth-order valence-electron chi connectivity index (χ4n) is 8.01. The molecule has 0 aliphatic carbocycles. The van der Waals surface area contributed by atoms with Gasteiger partial charge in [-0.25, -0.2) is 15.0 Å². The summed E-state index contributed by atoms with van der Waals surface area (Å²) in [5.74, 6) is 1.94. The molecule has 0 atom stereocenters. The van der Waals surface area contributed by atoms with Crippen molar-refractivity contribution < 1.29 is 0 Å². The van der Waals surface area contributed by atoms with Gasteiger partial charge in [-0.1, -0.05) is 158 Å². The second-order valence-electron chi connectivity index (χ2n) is 14.0. The van der Waals surface area contributed by atoms with E-state index in [1.807, 2.05) is 47.7 Å². The SMILES string of the molecule is c1ccc(-c2cccc(-c3nc(-c4ccccc4)nc(-c4cccc(-c5ccc6c(c5)sc5cc7c8ccccc8c8ccccc8c7cc56)c4)n3)c2)cc1. The van der Waals surface area contributed by atoms with E-state index in [-0.39, 0.29) is 0 Å². The zero-order chi connectivity index (χ0) is 36.3. The Morgan fingerprint density at radius 2 is 0.655 bits per heavy atom. The third kappa shape index (κ3) is 5.46. The van der Waals surface area contributed by atoms with Gasteiger partial charge in [-0.3, -0.25) is 0 Å². The van der Waals surface area contributed by atoms with Crippen LogP contribution in [-0.2, 0) is 0 Å². The lowest BCUT2D eigenvalue weighted by Gasteiger charge is -2.11. The molecule has 9 aromatic carbocycles. The molecule has 0 N–H and O–H groups in total. The summed E-state index contributed by atoms with van der Waals surface area (Å²) in [7, 11) is 0. The summed E-state index contributed by atoms with van der Waals surface area (Å²) < 4.78 is 2.57. The third-order valence-corrected chi connectivity index (χ3v) is 11.8. The Morgan fingerprint density at radius 3 is 1.25 bits per heavy atom. The quantitative estimate of drug-likeness (QED) is 0.166. The van der Waals surface area contributed by atoms with Crippen LogP contribution in [0.5, 0.6) is 0 Å². The molecule has 11 rings (SSSR count). The Hall–Kier alpha value is -7.01. The normalized spacial score (nSPS) is 11.6. The predicted octanol–water partition coefficient (Wildman–Crippen LogP) is 14.0. The molecule has 0 saturated heterocycles. The van der Waals surface area contributed by atoms with E-state index in [0.717, 1.165) is 38.9 Å². The van der Waals surface area contributed by atoms with Crippen molar-refractivity contribution in [3.63, 3.8) is 0 Å². The van der Waals surface area contributed by atoms with E-state index in [1.54, 1.807) is 0 Å². The van der Waals surface area contributed by atoms with Gasteiger partial charge in [-0.05, 0) is 84.9 Å². The maximum Gasteiger partial charge on any atom is 0.164 e. The lowest BCUT2D eigenvalue weighted by molar-refractivity contribution is 1.07. The number of hydrogen-bond acceptors (Lipinski definition) is 4. The highest BCUT2D eigenvalue weighted by Gasteiger charge is 2.16. The van der Waals surface area contributed by atoms with Crippen LogP contribution in [0.4, 0.5) is 0 Å². The van der Waals surface area contributed by atoms with E-state index in [9.17, 15) is 0 Å². The van der Waals surface area contributed by atoms with E-state index >= 15 is 0 Å². The highest BCUT2D eigenvalue weighted by Crippen LogP contribution is 2.43. The van der Waals surface area contributed by atoms with Gasteiger partial charge in [0.2, 0.25) is 0 Å². The van der Waals surface area contributed by atoms with E-state index in [1.165, 1.54) is 52.5 Å². The molecule has 0 bridgehead atoms. The van der Waals surface area contributed by atoms with Gasteiger partial charge in [0.1, 0.15) is 0 Å². The maximum atomic E-state index is 5.10. The van der Waals surface area contributed by atoms with Crippen LogP contribution < -0.4 is 0 Å². The summed E-state index contributed by atoms with van der Waals surface area (Å²) in [5.41, 5.74) is 7.39. The van der Waals surface area contributed by atoms with E-state index in [4.69, 9.17) is 15.0 Å². The topological polar surface area (TPSA) is 38.7 Å². The van der Waals surface area contributed by atoms with Crippen LogP contribution in [0.25, 0.3) is 109 Å². The fraction of sp³-hybridized carbons (Fsp3) is 0. The monoisotopic (exact) mass is 717 g/mol. The molecule has 0 amide bonds. The molecule has 2 heterocycles. The molecule has 11 aromatic rings. The maximum absolute atomic E-state index is 5.10. The zero-order valence-corrected chi connectivity index (χ0v) is 30.5. The number of thiophene rings is 1. The summed E-state index contributed by atoms with van der Waals surface area (Å²) in [4.78, 5) is 15.1. The summed E-state index contributed by atoms with van der Waals surface area (Å²) in [6, 6.07) is 66.9. The summed E-state index contributed by atoms with van der Waals surface area (Å²) >= 11 is 1.87. The van der Waals surface area contributed by atoms with Crippen molar-refractivity contribution in [2.24, 2.45) is 0 Å². The minimum Gasteiger partial charge on any atom is -0.208 e. The summed E-state index contributed by atoms with van der Waals surface area (Å²) in [6.45, 7) is 0. The number of benzene rings is 9. The van der Waals surface area contributed by atoms with Crippen LogP contribution in [0.1, 0.15) is 0 Å². The van der Waals surface area contributed by atoms with Crippen LogP contribution in [0.3, 0.4) is 0 Å². The summed E-state index contributed by atoms with van der Waals surface area (Å²) in [6.07, 6.45) is 0. The molecule has 0 saturated carbocycles. The number of nitrogens with zero attached hydrogens (tertiary/aromatic N) is 3. The smallest absolute Gasteiger partial charge is 0.164 e.